The number of nitrogens with zero attached hydrogens (tertiary/aromatic N) is 1. The number of nitrogens with one attached hydrogen (secondary N) is 1. The second kappa shape index (κ2) is 7.41. The number of benzene rings is 2. The summed E-state index contributed by atoms with van der Waals surface area (Å²) in [5.41, 5.74) is 1.38. The van der Waals surface area contributed by atoms with Crippen LogP contribution < -0.4 is 9.62 Å². The van der Waals surface area contributed by atoms with Gasteiger partial charge in [0.2, 0.25) is 15.9 Å². The van der Waals surface area contributed by atoms with Gasteiger partial charge < -0.3 is 5.32 Å². The summed E-state index contributed by atoms with van der Waals surface area (Å²) >= 11 is 6.03. The van der Waals surface area contributed by atoms with Crippen LogP contribution in [0.4, 0.5) is 15.8 Å². The van der Waals surface area contributed by atoms with Crippen molar-refractivity contribution in [3.8, 4) is 0 Å². The first kappa shape index (κ1) is 19.2. The van der Waals surface area contributed by atoms with Crippen LogP contribution in [0.2, 0.25) is 5.02 Å². The van der Waals surface area contributed by atoms with E-state index in [1.165, 1.54) is 19.1 Å². The molecule has 0 aromatic heterocycles. The van der Waals surface area contributed by atoms with Gasteiger partial charge in [-0.3, -0.25) is 9.10 Å². The molecule has 0 aliphatic carbocycles. The van der Waals surface area contributed by atoms with E-state index in [0.29, 0.717) is 16.3 Å². The first-order valence-corrected chi connectivity index (χ1v) is 9.65. The van der Waals surface area contributed by atoms with Crippen LogP contribution in [-0.4, -0.2) is 26.6 Å². The van der Waals surface area contributed by atoms with Gasteiger partial charge in [0, 0.05) is 10.7 Å². The van der Waals surface area contributed by atoms with Crippen LogP contribution in [0.25, 0.3) is 0 Å². The van der Waals surface area contributed by atoms with Crippen LogP contribution in [-0.2, 0) is 14.8 Å². The Balaban J connectivity index is 2.33. The molecule has 134 valence electrons. The number of anilines is 2. The lowest BCUT2D eigenvalue weighted by atomic mass is 10.2. The molecule has 0 heterocycles. The van der Waals surface area contributed by atoms with Crippen LogP contribution >= 0.6 is 11.6 Å². The lowest BCUT2D eigenvalue weighted by Crippen LogP contribution is -2.45. The average molecular weight is 385 g/mol. The van der Waals surface area contributed by atoms with Crippen molar-refractivity contribution in [3.05, 3.63) is 58.9 Å². The van der Waals surface area contributed by atoms with Crippen LogP contribution in [0.1, 0.15) is 12.5 Å². The van der Waals surface area contributed by atoms with Crippen molar-refractivity contribution in [2.24, 2.45) is 0 Å². The van der Waals surface area contributed by atoms with Crippen LogP contribution in [0.5, 0.6) is 0 Å². The fourth-order valence-electron chi connectivity index (χ4n) is 2.38. The Labute approximate surface area is 151 Å². The molecule has 0 fully saturated rings. The lowest BCUT2D eigenvalue weighted by molar-refractivity contribution is -0.116. The van der Waals surface area contributed by atoms with Gasteiger partial charge in [-0.2, -0.15) is 0 Å². The van der Waals surface area contributed by atoms with Crippen molar-refractivity contribution < 1.29 is 17.6 Å². The van der Waals surface area contributed by atoms with Crippen LogP contribution in [0, 0.1) is 12.7 Å². The molecule has 2 aromatic rings. The molecule has 2 aromatic carbocycles. The van der Waals surface area contributed by atoms with Gasteiger partial charge in [-0.15, -0.1) is 0 Å². The quantitative estimate of drug-likeness (QED) is 0.856. The molecule has 0 bridgehead atoms. The van der Waals surface area contributed by atoms with E-state index in [0.717, 1.165) is 22.7 Å². The maximum absolute atomic E-state index is 13.1. The molecule has 0 saturated heterocycles. The zero-order chi connectivity index (χ0) is 18.8. The molecule has 0 radical (unpaired) electrons. The first-order valence-electron chi connectivity index (χ1n) is 7.42. The minimum Gasteiger partial charge on any atom is -0.324 e. The molecule has 1 unspecified atom stereocenters. The highest BCUT2D eigenvalue weighted by molar-refractivity contribution is 7.92. The molecule has 1 atom stereocenters. The van der Waals surface area contributed by atoms with Gasteiger partial charge in [-0.1, -0.05) is 17.7 Å². The molecule has 5 nitrogen and oxygen atoms in total. The van der Waals surface area contributed by atoms with Crippen molar-refractivity contribution in [1.29, 1.82) is 0 Å². The Morgan fingerprint density at radius 2 is 1.80 bits per heavy atom. The normalized spacial score (nSPS) is 12.5. The standard InChI is InChI=1S/C17H18ClFN2O3S/c1-11-15(18)5-4-6-16(11)20-17(22)12(2)21(25(3,23)24)14-9-7-13(19)8-10-14/h4-10,12H,1-3H3,(H,20,22). The van der Waals surface area contributed by atoms with Crippen LogP contribution in [0.3, 0.4) is 0 Å². The number of halogens is 2. The second-order valence-electron chi connectivity index (χ2n) is 5.61. The zero-order valence-electron chi connectivity index (χ0n) is 14.0. The number of amides is 1. The highest BCUT2D eigenvalue weighted by atomic mass is 35.5. The van der Waals surface area contributed by atoms with Crippen molar-refractivity contribution in [2.45, 2.75) is 19.9 Å². The number of carbonyl (C=O) groups is 1. The summed E-state index contributed by atoms with van der Waals surface area (Å²) in [5, 5.41) is 3.17. The molecule has 25 heavy (non-hydrogen) atoms. The van der Waals surface area contributed by atoms with Crippen molar-refractivity contribution in [3.63, 3.8) is 0 Å². The van der Waals surface area contributed by atoms with Gasteiger partial charge in [-0.25, -0.2) is 12.8 Å². The molecule has 2 rings (SSSR count). The Morgan fingerprint density at radius 3 is 2.36 bits per heavy atom. The lowest BCUT2D eigenvalue weighted by Gasteiger charge is -2.28. The number of hydrogen-bond acceptors (Lipinski definition) is 3. The van der Waals surface area contributed by atoms with E-state index in [9.17, 15) is 17.6 Å². The Morgan fingerprint density at radius 1 is 1.20 bits per heavy atom. The third-order valence-electron chi connectivity index (χ3n) is 3.70. The van der Waals surface area contributed by atoms with Crippen LogP contribution in [0.15, 0.2) is 42.5 Å². The molecule has 0 spiro atoms. The molecule has 0 aliphatic heterocycles. The number of carbonyl (C=O) groups excluding carboxylic acids is 1. The third-order valence-corrected chi connectivity index (χ3v) is 5.35. The van der Waals surface area contributed by atoms with Crippen molar-refractivity contribution in [1.82, 2.24) is 0 Å². The van der Waals surface area contributed by atoms with E-state index in [1.807, 2.05) is 0 Å². The molecule has 0 saturated carbocycles. The monoisotopic (exact) mass is 384 g/mol. The zero-order valence-corrected chi connectivity index (χ0v) is 15.5. The van der Waals surface area contributed by atoms with Gasteiger partial charge in [0.05, 0.1) is 11.9 Å². The van der Waals surface area contributed by atoms with E-state index >= 15 is 0 Å². The van der Waals surface area contributed by atoms with Crippen molar-refractivity contribution >= 4 is 38.9 Å². The molecule has 1 N–H and O–H groups in total. The topological polar surface area (TPSA) is 66.5 Å². The Kier molecular flexibility index (Phi) is 5.69. The summed E-state index contributed by atoms with van der Waals surface area (Å²) in [5.74, 6) is -1.02. The Bertz CT molecular complexity index is 885. The highest BCUT2D eigenvalue weighted by Gasteiger charge is 2.29. The van der Waals surface area contributed by atoms with Gasteiger partial charge in [0.15, 0.2) is 0 Å². The van der Waals surface area contributed by atoms with E-state index in [2.05, 4.69) is 5.32 Å². The number of rotatable bonds is 5. The Hall–Kier alpha value is -2.12. The summed E-state index contributed by atoms with van der Waals surface area (Å²) in [6.45, 7) is 3.20. The summed E-state index contributed by atoms with van der Waals surface area (Å²) in [4.78, 5) is 12.6. The first-order chi connectivity index (χ1) is 11.6. The maximum Gasteiger partial charge on any atom is 0.248 e. The van der Waals surface area contributed by atoms with Gasteiger partial charge in [-0.05, 0) is 55.8 Å². The molecular weight excluding hydrogens is 367 g/mol. The van der Waals surface area contributed by atoms with Gasteiger partial charge in [0.1, 0.15) is 11.9 Å². The predicted octanol–water partition coefficient (Wildman–Crippen LogP) is 3.58. The summed E-state index contributed by atoms with van der Waals surface area (Å²) in [6.07, 6.45) is 0.991. The van der Waals surface area contributed by atoms with Crippen molar-refractivity contribution in [2.75, 3.05) is 15.9 Å². The molecule has 1 amide bonds. The molecule has 8 heteroatoms. The summed E-state index contributed by atoms with van der Waals surface area (Å²) in [6, 6.07) is 8.91. The largest absolute Gasteiger partial charge is 0.324 e. The SMILES string of the molecule is Cc1c(Cl)cccc1NC(=O)C(C)N(c1ccc(F)cc1)S(C)(=O)=O. The third kappa shape index (κ3) is 4.49. The number of sulfonamides is 1. The van der Waals surface area contributed by atoms with E-state index < -0.39 is 27.8 Å². The van der Waals surface area contributed by atoms with Gasteiger partial charge in [0.25, 0.3) is 0 Å². The average Bonchev–Trinajstić information content (AvgIpc) is 2.52. The minimum absolute atomic E-state index is 0.203. The predicted molar refractivity (Wildman–Crippen MR) is 98.0 cm³/mol. The van der Waals surface area contributed by atoms with E-state index in [1.54, 1.807) is 25.1 Å². The highest BCUT2D eigenvalue weighted by Crippen LogP contribution is 2.25. The molecular formula is C17H18ClFN2O3S. The summed E-state index contributed by atoms with van der Waals surface area (Å²) < 4.78 is 38.4. The van der Waals surface area contributed by atoms with Gasteiger partial charge >= 0.3 is 0 Å². The molecule has 0 aliphatic rings. The van der Waals surface area contributed by atoms with E-state index in [-0.39, 0.29) is 5.69 Å². The number of hydrogen-bond donors (Lipinski definition) is 1. The second-order valence-corrected chi connectivity index (χ2v) is 7.88. The minimum atomic E-state index is -3.76. The fraction of sp³-hybridized carbons (Fsp3) is 0.235. The fourth-order valence-corrected chi connectivity index (χ4v) is 3.73. The smallest absolute Gasteiger partial charge is 0.248 e. The summed E-state index contributed by atoms with van der Waals surface area (Å²) in [7, 11) is -3.76. The maximum atomic E-state index is 13.1. The van der Waals surface area contributed by atoms with E-state index in [4.69, 9.17) is 11.6 Å².